The lowest BCUT2D eigenvalue weighted by atomic mass is 9.90. The van der Waals surface area contributed by atoms with Gasteiger partial charge in [0.2, 0.25) is 11.8 Å². The molecule has 25 heavy (non-hydrogen) atoms. The lowest BCUT2D eigenvalue weighted by Crippen LogP contribution is -2.58. The minimum atomic E-state index is -0.459. The predicted molar refractivity (Wildman–Crippen MR) is 97.9 cm³/mol. The summed E-state index contributed by atoms with van der Waals surface area (Å²) in [5.41, 5.74) is 1.14. The molecule has 0 bridgehead atoms. The van der Waals surface area contributed by atoms with E-state index < -0.39 is 10.8 Å². The van der Waals surface area contributed by atoms with Gasteiger partial charge in [-0.2, -0.15) is 0 Å². The number of amides is 2. The van der Waals surface area contributed by atoms with E-state index in [9.17, 15) is 14.0 Å². The molecular weight excluding hydrogens is 339 g/mol. The van der Waals surface area contributed by atoms with Gasteiger partial charge in [-0.05, 0) is 56.7 Å². The SMILES string of the molecule is CC1(C)SCC(C(=O)N2CCC(Cc3ccc(F)cc3)CC2)NC1=O. The summed E-state index contributed by atoms with van der Waals surface area (Å²) in [6.45, 7) is 5.22. The number of carbonyl (C=O) groups excluding carboxylic acids is 2. The Balaban J connectivity index is 1.49. The Labute approximate surface area is 152 Å². The number of nitrogens with zero attached hydrogens (tertiary/aromatic N) is 1. The van der Waals surface area contributed by atoms with Gasteiger partial charge in [-0.3, -0.25) is 9.59 Å². The van der Waals surface area contributed by atoms with Crippen LogP contribution in [-0.4, -0.2) is 46.3 Å². The van der Waals surface area contributed by atoms with Crippen LogP contribution >= 0.6 is 11.8 Å². The number of nitrogens with one attached hydrogen (secondary N) is 1. The fraction of sp³-hybridized carbons (Fsp3) is 0.579. The maximum Gasteiger partial charge on any atom is 0.246 e. The number of thioether (sulfide) groups is 1. The normalized spacial score (nSPS) is 24.0. The highest BCUT2D eigenvalue weighted by Crippen LogP contribution is 2.30. The second-order valence-corrected chi connectivity index (χ2v) is 9.09. The van der Waals surface area contributed by atoms with Gasteiger partial charge in [-0.1, -0.05) is 12.1 Å². The van der Waals surface area contributed by atoms with E-state index in [1.807, 2.05) is 30.9 Å². The van der Waals surface area contributed by atoms with E-state index in [1.165, 1.54) is 12.1 Å². The molecular formula is C19H25FN2O2S. The lowest BCUT2D eigenvalue weighted by Gasteiger charge is -2.38. The second-order valence-electron chi connectivity index (χ2n) is 7.45. The van der Waals surface area contributed by atoms with Crippen molar-refractivity contribution in [3.8, 4) is 0 Å². The van der Waals surface area contributed by atoms with Crippen molar-refractivity contribution in [3.63, 3.8) is 0 Å². The first-order valence-electron chi connectivity index (χ1n) is 8.83. The zero-order chi connectivity index (χ0) is 18.0. The molecule has 2 saturated heterocycles. The fourth-order valence-corrected chi connectivity index (χ4v) is 4.39. The summed E-state index contributed by atoms with van der Waals surface area (Å²) >= 11 is 1.54. The van der Waals surface area contributed by atoms with Crippen LogP contribution in [0.4, 0.5) is 4.39 Å². The summed E-state index contributed by atoms with van der Waals surface area (Å²) in [6.07, 6.45) is 2.82. The third-order valence-corrected chi connectivity index (χ3v) is 6.53. The largest absolute Gasteiger partial charge is 0.342 e. The first-order valence-corrected chi connectivity index (χ1v) is 9.82. The molecule has 0 spiro atoms. The molecule has 1 atom stereocenters. The summed E-state index contributed by atoms with van der Waals surface area (Å²) in [4.78, 5) is 26.6. The number of carbonyl (C=O) groups is 2. The monoisotopic (exact) mass is 364 g/mol. The molecule has 0 aliphatic carbocycles. The van der Waals surface area contributed by atoms with Crippen molar-refractivity contribution in [1.29, 1.82) is 0 Å². The van der Waals surface area contributed by atoms with Crippen LogP contribution in [0.15, 0.2) is 24.3 Å². The number of hydrogen-bond donors (Lipinski definition) is 1. The van der Waals surface area contributed by atoms with E-state index in [1.54, 1.807) is 11.8 Å². The van der Waals surface area contributed by atoms with Gasteiger partial charge in [0.15, 0.2) is 0 Å². The average Bonchev–Trinajstić information content (AvgIpc) is 2.59. The fourth-order valence-electron chi connectivity index (χ4n) is 3.40. The number of benzene rings is 1. The number of hydrogen-bond acceptors (Lipinski definition) is 3. The molecule has 2 aliphatic heterocycles. The van der Waals surface area contributed by atoms with Gasteiger partial charge in [0.1, 0.15) is 11.9 Å². The summed E-state index contributed by atoms with van der Waals surface area (Å²) in [6, 6.07) is 6.27. The molecule has 0 radical (unpaired) electrons. The van der Waals surface area contributed by atoms with Crippen LogP contribution in [0, 0.1) is 11.7 Å². The van der Waals surface area contributed by atoms with Crippen molar-refractivity contribution >= 4 is 23.6 Å². The molecule has 1 unspecified atom stereocenters. The van der Waals surface area contributed by atoms with Crippen molar-refractivity contribution in [3.05, 3.63) is 35.6 Å². The standard InChI is InChI=1S/C19H25FN2O2S/c1-19(2)18(24)21-16(12-25-19)17(23)22-9-7-14(8-10-22)11-13-3-5-15(20)6-4-13/h3-6,14,16H,7-12H2,1-2H3,(H,21,24). The Morgan fingerprint density at radius 3 is 2.52 bits per heavy atom. The molecule has 2 heterocycles. The molecule has 2 amide bonds. The second kappa shape index (κ2) is 7.36. The van der Waals surface area contributed by atoms with Crippen LogP contribution < -0.4 is 5.32 Å². The van der Waals surface area contributed by atoms with E-state index in [4.69, 9.17) is 0 Å². The van der Waals surface area contributed by atoms with Crippen molar-refractivity contribution in [2.24, 2.45) is 5.92 Å². The molecule has 1 aromatic rings. The topological polar surface area (TPSA) is 49.4 Å². The number of piperidine rings is 1. The predicted octanol–water partition coefficient (Wildman–Crippen LogP) is 2.62. The van der Waals surface area contributed by atoms with E-state index in [-0.39, 0.29) is 17.6 Å². The first-order chi connectivity index (χ1) is 11.8. The van der Waals surface area contributed by atoms with Crippen LogP contribution in [0.2, 0.25) is 0 Å². The van der Waals surface area contributed by atoms with Crippen LogP contribution in [0.5, 0.6) is 0 Å². The van der Waals surface area contributed by atoms with Crippen molar-refractivity contribution < 1.29 is 14.0 Å². The lowest BCUT2D eigenvalue weighted by molar-refractivity contribution is -0.137. The Bertz CT molecular complexity index is 639. The highest BCUT2D eigenvalue weighted by Gasteiger charge is 2.39. The van der Waals surface area contributed by atoms with Gasteiger partial charge >= 0.3 is 0 Å². The first kappa shape index (κ1) is 18.2. The Kier molecular flexibility index (Phi) is 5.37. The van der Waals surface area contributed by atoms with E-state index in [0.29, 0.717) is 11.7 Å². The van der Waals surface area contributed by atoms with Gasteiger partial charge < -0.3 is 10.2 Å². The summed E-state index contributed by atoms with van der Waals surface area (Å²) in [5.74, 6) is 0.918. The van der Waals surface area contributed by atoms with Crippen LogP contribution in [0.25, 0.3) is 0 Å². The summed E-state index contributed by atoms with van der Waals surface area (Å²) in [5, 5.41) is 2.87. The Morgan fingerprint density at radius 2 is 1.92 bits per heavy atom. The molecule has 4 nitrogen and oxygen atoms in total. The third-order valence-electron chi connectivity index (χ3n) is 5.12. The van der Waals surface area contributed by atoms with Crippen LogP contribution in [-0.2, 0) is 16.0 Å². The van der Waals surface area contributed by atoms with Gasteiger partial charge in [-0.15, -0.1) is 11.8 Å². The molecule has 2 fully saturated rings. The molecule has 1 aromatic carbocycles. The third kappa shape index (κ3) is 4.35. The van der Waals surface area contributed by atoms with Crippen molar-refractivity contribution in [1.82, 2.24) is 10.2 Å². The quantitative estimate of drug-likeness (QED) is 0.897. The van der Waals surface area contributed by atoms with E-state index in [2.05, 4.69) is 5.32 Å². The molecule has 0 saturated carbocycles. The minimum Gasteiger partial charge on any atom is -0.342 e. The Morgan fingerprint density at radius 1 is 1.28 bits per heavy atom. The van der Waals surface area contributed by atoms with Gasteiger partial charge in [0, 0.05) is 18.8 Å². The number of likely N-dealkylation sites (tertiary alicyclic amines) is 1. The van der Waals surface area contributed by atoms with E-state index >= 15 is 0 Å². The van der Waals surface area contributed by atoms with Crippen LogP contribution in [0.1, 0.15) is 32.3 Å². The Hall–Kier alpha value is -1.56. The van der Waals surface area contributed by atoms with Gasteiger partial charge in [-0.25, -0.2) is 4.39 Å². The highest BCUT2D eigenvalue weighted by atomic mass is 32.2. The van der Waals surface area contributed by atoms with Gasteiger partial charge in [0.05, 0.1) is 4.75 Å². The maximum atomic E-state index is 13.0. The smallest absolute Gasteiger partial charge is 0.246 e. The van der Waals surface area contributed by atoms with E-state index in [0.717, 1.165) is 37.9 Å². The van der Waals surface area contributed by atoms with Crippen LogP contribution in [0.3, 0.4) is 0 Å². The van der Waals surface area contributed by atoms with Gasteiger partial charge in [0.25, 0.3) is 0 Å². The average molecular weight is 364 g/mol. The molecule has 6 heteroatoms. The molecule has 2 aliphatic rings. The van der Waals surface area contributed by atoms with Crippen molar-refractivity contribution in [2.75, 3.05) is 18.8 Å². The molecule has 3 rings (SSSR count). The summed E-state index contributed by atoms with van der Waals surface area (Å²) < 4.78 is 12.5. The number of halogens is 1. The zero-order valence-corrected chi connectivity index (χ0v) is 15.6. The molecule has 136 valence electrons. The number of rotatable bonds is 3. The minimum absolute atomic E-state index is 0.0385. The highest BCUT2D eigenvalue weighted by molar-refractivity contribution is 8.01. The zero-order valence-electron chi connectivity index (χ0n) is 14.8. The molecule has 1 N–H and O–H groups in total. The molecule has 0 aromatic heterocycles. The maximum absolute atomic E-state index is 13.0. The summed E-state index contributed by atoms with van der Waals surface area (Å²) in [7, 11) is 0. The van der Waals surface area contributed by atoms with Crippen molar-refractivity contribution in [2.45, 2.75) is 43.9 Å².